The maximum atomic E-state index is 9.45. The lowest BCUT2D eigenvalue weighted by molar-refractivity contribution is 0.463. The molecule has 0 amide bonds. The van der Waals surface area contributed by atoms with Gasteiger partial charge in [0.2, 0.25) is 0 Å². The van der Waals surface area contributed by atoms with Gasteiger partial charge in [-0.2, -0.15) is 5.26 Å². The third-order valence-electron chi connectivity index (χ3n) is 3.45. The van der Waals surface area contributed by atoms with Crippen molar-refractivity contribution in [1.82, 2.24) is 0 Å². The molecule has 1 aromatic heterocycles. The molecule has 0 spiro atoms. The van der Waals surface area contributed by atoms with Crippen molar-refractivity contribution in [3.05, 3.63) is 81.0 Å². The van der Waals surface area contributed by atoms with E-state index in [2.05, 4.69) is 53.2 Å². The summed E-state index contributed by atoms with van der Waals surface area (Å²) < 4.78 is 6.74. The Bertz CT molecular complexity index is 970. The number of nitriles is 1. The van der Waals surface area contributed by atoms with E-state index in [9.17, 15) is 5.26 Å². The number of benzene rings is 2. The average Bonchev–Trinajstić information content (AvgIpc) is 2.94. The van der Waals surface area contributed by atoms with Crippen LogP contribution < -0.4 is 0 Å². The molecule has 0 aliphatic heterocycles. The molecule has 0 aliphatic carbocycles. The van der Waals surface area contributed by atoms with E-state index in [-0.39, 0.29) is 0 Å². The van der Waals surface area contributed by atoms with Crippen molar-refractivity contribution in [2.45, 2.75) is 16.9 Å². The highest BCUT2D eigenvalue weighted by Crippen LogP contribution is 2.37. The Morgan fingerprint density at radius 3 is 2.64 bits per heavy atom. The van der Waals surface area contributed by atoms with Crippen molar-refractivity contribution in [3.8, 4) is 6.07 Å². The fourth-order valence-electron chi connectivity index (χ4n) is 2.20. The van der Waals surface area contributed by atoms with E-state index in [1.54, 1.807) is 18.2 Å². The summed E-state index contributed by atoms with van der Waals surface area (Å²) in [5, 5.41) is 10.8. The lowest BCUT2D eigenvalue weighted by Crippen LogP contribution is -1.81. The van der Waals surface area contributed by atoms with Gasteiger partial charge in [0, 0.05) is 9.92 Å². The van der Waals surface area contributed by atoms with Gasteiger partial charge >= 0.3 is 0 Å². The van der Waals surface area contributed by atoms with Crippen LogP contribution in [0.2, 0.25) is 5.02 Å². The minimum Gasteiger partial charge on any atom is -0.449 e. The van der Waals surface area contributed by atoms with Crippen LogP contribution in [0.15, 0.2) is 73.5 Å². The largest absolute Gasteiger partial charge is 0.449 e. The Hall–Kier alpha value is -1.93. The van der Waals surface area contributed by atoms with Crippen molar-refractivity contribution in [1.29, 1.82) is 5.26 Å². The SMILES string of the molecule is Cc1ccc(Sc2oc(/C=C(/C#N)c3cccc(Cl)c3)cc2Br)cc1. The summed E-state index contributed by atoms with van der Waals surface area (Å²) >= 11 is 11.1. The fraction of sp³-hybridized carbons (Fsp3) is 0.0500. The van der Waals surface area contributed by atoms with E-state index in [4.69, 9.17) is 16.0 Å². The molecule has 2 nitrogen and oxygen atoms in total. The molecule has 3 aromatic rings. The minimum absolute atomic E-state index is 0.496. The van der Waals surface area contributed by atoms with Gasteiger partial charge in [-0.3, -0.25) is 0 Å². The van der Waals surface area contributed by atoms with Crippen LogP contribution in [0.25, 0.3) is 11.6 Å². The zero-order valence-electron chi connectivity index (χ0n) is 13.3. The zero-order chi connectivity index (χ0) is 17.8. The second-order valence-electron chi connectivity index (χ2n) is 5.38. The van der Waals surface area contributed by atoms with E-state index in [1.165, 1.54) is 17.3 Å². The number of allylic oxidation sites excluding steroid dienone is 1. The van der Waals surface area contributed by atoms with Crippen molar-refractivity contribution in [2.75, 3.05) is 0 Å². The quantitative estimate of drug-likeness (QED) is 0.410. The number of furan rings is 1. The molecule has 3 rings (SSSR count). The Balaban J connectivity index is 1.88. The molecular weight excluding hydrogens is 418 g/mol. The molecule has 0 aliphatic rings. The van der Waals surface area contributed by atoms with Crippen LogP contribution in [0.5, 0.6) is 0 Å². The summed E-state index contributed by atoms with van der Waals surface area (Å²) in [6, 6.07) is 19.5. The van der Waals surface area contributed by atoms with Crippen LogP contribution in [0.3, 0.4) is 0 Å². The van der Waals surface area contributed by atoms with Gasteiger partial charge in [-0.25, -0.2) is 0 Å². The molecule has 0 fully saturated rings. The van der Waals surface area contributed by atoms with Gasteiger partial charge in [0.25, 0.3) is 0 Å². The second kappa shape index (κ2) is 7.97. The molecule has 0 atom stereocenters. The van der Waals surface area contributed by atoms with Crippen LogP contribution >= 0.6 is 39.3 Å². The van der Waals surface area contributed by atoms with E-state index < -0.39 is 0 Å². The number of rotatable bonds is 4. The second-order valence-corrected chi connectivity index (χ2v) is 7.72. The van der Waals surface area contributed by atoms with Gasteiger partial charge in [-0.15, -0.1) is 0 Å². The lowest BCUT2D eigenvalue weighted by atomic mass is 10.1. The normalized spacial score (nSPS) is 11.4. The summed E-state index contributed by atoms with van der Waals surface area (Å²) in [6.45, 7) is 2.05. The molecule has 0 saturated carbocycles. The van der Waals surface area contributed by atoms with E-state index in [0.717, 1.165) is 20.0 Å². The Morgan fingerprint density at radius 1 is 1.20 bits per heavy atom. The Kier molecular flexibility index (Phi) is 5.70. The first kappa shape index (κ1) is 17.9. The molecule has 5 heteroatoms. The van der Waals surface area contributed by atoms with Crippen molar-refractivity contribution < 1.29 is 4.42 Å². The molecule has 2 aromatic carbocycles. The first-order chi connectivity index (χ1) is 12.0. The van der Waals surface area contributed by atoms with Gasteiger partial charge in [0.1, 0.15) is 5.76 Å². The standard InChI is InChI=1S/C20H13BrClNOS/c1-13-5-7-18(8-6-13)25-20-19(21)11-17(24-20)10-15(12-23)14-3-2-4-16(22)9-14/h2-11H,1H3/b15-10-. The van der Waals surface area contributed by atoms with Crippen LogP contribution in [0.4, 0.5) is 0 Å². The van der Waals surface area contributed by atoms with Crippen molar-refractivity contribution >= 4 is 50.9 Å². The molecule has 0 saturated heterocycles. The predicted molar refractivity (Wildman–Crippen MR) is 107 cm³/mol. The smallest absolute Gasteiger partial charge is 0.179 e. The molecule has 0 N–H and O–H groups in total. The maximum absolute atomic E-state index is 9.45. The van der Waals surface area contributed by atoms with Crippen LogP contribution in [-0.4, -0.2) is 0 Å². The molecule has 1 heterocycles. The van der Waals surface area contributed by atoms with E-state index in [0.29, 0.717) is 16.4 Å². The summed E-state index contributed by atoms with van der Waals surface area (Å²) in [5.41, 5.74) is 2.47. The van der Waals surface area contributed by atoms with E-state index in [1.807, 2.05) is 18.2 Å². The topological polar surface area (TPSA) is 36.9 Å². The number of hydrogen-bond donors (Lipinski definition) is 0. The molecule has 0 radical (unpaired) electrons. The number of hydrogen-bond acceptors (Lipinski definition) is 3. The van der Waals surface area contributed by atoms with Gasteiger partial charge in [-0.05, 0) is 64.8 Å². The van der Waals surface area contributed by atoms with Gasteiger partial charge in [0.15, 0.2) is 5.09 Å². The molecular formula is C20H13BrClNOS. The van der Waals surface area contributed by atoms with Gasteiger partial charge in [0.05, 0.1) is 16.1 Å². The first-order valence-electron chi connectivity index (χ1n) is 7.47. The van der Waals surface area contributed by atoms with Gasteiger partial charge in [-0.1, -0.05) is 53.2 Å². The summed E-state index contributed by atoms with van der Waals surface area (Å²) in [6.07, 6.45) is 1.72. The molecule has 124 valence electrons. The third kappa shape index (κ3) is 4.58. The Morgan fingerprint density at radius 2 is 1.96 bits per heavy atom. The first-order valence-corrected chi connectivity index (χ1v) is 9.45. The number of aryl methyl sites for hydroxylation is 1. The minimum atomic E-state index is 0.496. The summed E-state index contributed by atoms with van der Waals surface area (Å²) in [7, 11) is 0. The summed E-state index contributed by atoms with van der Waals surface area (Å²) in [5.74, 6) is 0.609. The highest BCUT2D eigenvalue weighted by molar-refractivity contribution is 9.10. The highest BCUT2D eigenvalue weighted by atomic mass is 79.9. The van der Waals surface area contributed by atoms with Crippen LogP contribution in [0.1, 0.15) is 16.9 Å². The lowest BCUT2D eigenvalue weighted by Gasteiger charge is -2.00. The molecule has 25 heavy (non-hydrogen) atoms. The van der Waals surface area contributed by atoms with Crippen LogP contribution in [-0.2, 0) is 0 Å². The third-order valence-corrected chi connectivity index (χ3v) is 5.53. The fourth-order valence-corrected chi connectivity index (χ4v) is 3.72. The summed E-state index contributed by atoms with van der Waals surface area (Å²) in [4.78, 5) is 1.09. The Labute approximate surface area is 164 Å². The van der Waals surface area contributed by atoms with Crippen molar-refractivity contribution in [3.63, 3.8) is 0 Å². The monoisotopic (exact) mass is 429 g/mol. The van der Waals surface area contributed by atoms with Crippen LogP contribution in [0, 0.1) is 18.3 Å². The molecule has 0 bridgehead atoms. The molecule has 0 unspecified atom stereocenters. The predicted octanol–water partition coefficient (Wildman–Crippen LogP) is 7.22. The maximum Gasteiger partial charge on any atom is 0.179 e. The van der Waals surface area contributed by atoms with Crippen molar-refractivity contribution in [2.24, 2.45) is 0 Å². The average molecular weight is 431 g/mol. The van der Waals surface area contributed by atoms with E-state index >= 15 is 0 Å². The van der Waals surface area contributed by atoms with Gasteiger partial charge < -0.3 is 4.42 Å². The highest BCUT2D eigenvalue weighted by Gasteiger charge is 2.11. The number of nitrogens with zero attached hydrogens (tertiary/aromatic N) is 1. The zero-order valence-corrected chi connectivity index (χ0v) is 16.5. The number of halogens is 2.